The minimum atomic E-state index is -0.419. The molecule has 1 aromatic heterocycles. The third-order valence-electron chi connectivity index (χ3n) is 4.36. The van der Waals surface area contributed by atoms with Gasteiger partial charge in [0.1, 0.15) is 17.3 Å². The molecule has 3 rings (SSSR count). The summed E-state index contributed by atoms with van der Waals surface area (Å²) in [7, 11) is 0. The molecule has 2 heterocycles. The molecular formula is C18H21FN4O3. The highest BCUT2D eigenvalue weighted by atomic mass is 19.1. The number of hydrogen-bond donors (Lipinski definition) is 1. The van der Waals surface area contributed by atoms with Gasteiger partial charge in [0.05, 0.1) is 12.2 Å². The van der Waals surface area contributed by atoms with E-state index < -0.39 is 5.82 Å². The van der Waals surface area contributed by atoms with Crippen LogP contribution in [0.4, 0.5) is 14.9 Å². The quantitative estimate of drug-likeness (QED) is 0.847. The maximum atomic E-state index is 14.3. The summed E-state index contributed by atoms with van der Waals surface area (Å²) in [6, 6.07) is 6.09. The van der Waals surface area contributed by atoms with Gasteiger partial charge < -0.3 is 19.6 Å². The van der Waals surface area contributed by atoms with Crippen molar-refractivity contribution in [3.63, 3.8) is 0 Å². The molecule has 0 aliphatic carbocycles. The van der Waals surface area contributed by atoms with E-state index in [1.165, 1.54) is 13.0 Å². The lowest BCUT2D eigenvalue weighted by molar-refractivity contribution is 0.101. The molecular weight excluding hydrogens is 339 g/mol. The number of halogens is 1. The molecule has 2 amide bonds. The van der Waals surface area contributed by atoms with Gasteiger partial charge in [0.2, 0.25) is 0 Å². The zero-order valence-electron chi connectivity index (χ0n) is 14.8. The number of ketones is 1. The van der Waals surface area contributed by atoms with E-state index in [2.05, 4.69) is 10.5 Å². The highest BCUT2D eigenvalue weighted by Gasteiger charge is 2.23. The molecule has 1 saturated heterocycles. The van der Waals surface area contributed by atoms with Crippen molar-refractivity contribution in [2.75, 3.05) is 31.1 Å². The molecule has 138 valence electrons. The topological polar surface area (TPSA) is 78.7 Å². The highest BCUT2D eigenvalue weighted by Crippen LogP contribution is 2.22. The predicted molar refractivity (Wildman–Crippen MR) is 93.7 cm³/mol. The largest absolute Gasteiger partial charge is 0.366 e. The minimum absolute atomic E-state index is 0.167. The average Bonchev–Trinajstić information content (AvgIpc) is 3.05. The molecule has 1 aromatic carbocycles. The molecule has 1 fully saturated rings. The minimum Gasteiger partial charge on any atom is -0.366 e. The van der Waals surface area contributed by atoms with Crippen LogP contribution < -0.4 is 10.2 Å². The molecule has 1 N–H and O–H groups in total. The van der Waals surface area contributed by atoms with E-state index in [1.807, 2.05) is 4.90 Å². The zero-order chi connectivity index (χ0) is 18.7. The van der Waals surface area contributed by atoms with Gasteiger partial charge in [0.15, 0.2) is 5.78 Å². The number of urea groups is 1. The fourth-order valence-electron chi connectivity index (χ4n) is 2.91. The van der Waals surface area contributed by atoms with Crippen LogP contribution in [0.25, 0.3) is 0 Å². The molecule has 0 saturated carbocycles. The second kappa shape index (κ2) is 7.55. The Morgan fingerprint density at radius 1 is 1.23 bits per heavy atom. The molecule has 8 heteroatoms. The monoisotopic (exact) mass is 360 g/mol. The predicted octanol–water partition coefficient (Wildman–Crippen LogP) is 2.36. The summed E-state index contributed by atoms with van der Waals surface area (Å²) in [5.74, 6) is 0.108. The molecule has 0 radical (unpaired) electrons. The van der Waals surface area contributed by atoms with Gasteiger partial charge in [-0.05, 0) is 32.0 Å². The van der Waals surface area contributed by atoms with Crippen molar-refractivity contribution < 1.29 is 18.5 Å². The Kier molecular flexibility index (Phi) is 5.20. The number of carbonyl (C=O) groups excluding carboxylic acids is 2. The normalized spacial score (nSPS) is 14.4. The van der Waals surface area contributed by atoms with E-state index in [4.69, 9.17) is 4.52 Å². The van der Waals surface area contributed by atoms with Gasteiger partial charge in [0.25, 0.3) is 0 Å². The number of benzene rings is 1. The van der Waals surface area contributed by atoms with Crippen LogP contribution in [-0.2, 0) is 6.54 Å². The summed E-state index contributed by atoms with van der Waals surface area (Å²) in [5, 5.41) is 6.63. The van der Waals surface area contributed by atoms with Crippen molar-refractivity contribution in [2.45, 2.75) is 20.4 Å². The maximum absolute atomic E-state index is 14.3. The smallest absolute Gasteiger partial charge is 0.317 e. The van der Waals surface area contributed by atoms with Crippen molar-refractivity contribution in [2.24, 2.45) is 0 Å². The van der Waals surface area contributed by atoms with Crippen LogP contribution in [0.15, 0.2) is 28.8 Å². The Morgan fingerprint density at radius 2 is 1.96 bits per heavy atom. The first-order chi connectivity index (χ1) is 12.4. The van der Waals surface area contributed by atoms with Gasteiger partial charge >= 0.3 is 6.03 Å². The van der Waals surface area contributed by atoms with Crippen molar-refractivity contribution >= 4 is 17.5 Å². The summed E-state index contributed by atoms with van der Waals surface area (Å²) >= 11 is 0. The second-order valence-corrected chi connectivity index (χ2v) is 6.28. The van der Waals surface area contributed by atoms with Crippen LogP contribution in [0.3, 0.4) is 0 Å². The fourth-order valence-corrected chi connectivity index (χ4v) is 2.91. The molecule has 0 atom stereocenters. The van der Waals surface area contributed by atoms with Crippen LogP contribution in [-0.4, -0.2) is 48.0 Å². The average molecular weight is 360 g/mol. The summed E-state index contributed by atoms with van der Waals surface area (Å²) in [6.45, 7) is 5.51. The van der Waals surface area contributed by atoms with Crippen LogP contribution in [0, 0.1) is 12.7 Å². The maximum Gasteiger partial charge on any atom is 0.317 e. The molecule has 1 aliphatic rings. The van der Waals surface area contributed by atoms with E-state index in [0.717, 1.165) is 0 Å². The van der Waals surface area contributed by atoms with Gasteiger partial charge in [0, 0.05) is 37.8 Å². The van der Waals surface area contributed by atoms with E-state index in [1.54, 1.807) is 30.0 Å². The SMILES string of the molecule is CC(=O)c1ccc(N2CCN(C(=O)NCc3cc(C)on3)CC2)c(F)c1. The number of anilines is 1. The van der Waals surface area contributed by atoms with Crippen LogP contribution in [0.5, 0.6) is 0 Å². The molecule has 2 aromatic rings. The van der Waals surface area contributed by atoms with Gasteiger partial charge in [-0.3, -0.25) is 4.79 Å². The Hall–Kier alpha value is -2.90. The summed E-state index contributed by atoms with van der Waals surface area (Å²) in [6.07, 6.45) is 0. The first kappa shape index (κ1) is 17.9. The Balaban J connectivity index is 1.53. The Labute approximate surface area is 150 Å². The number of aryl methyl sites for hydroxylation is 1. The highest BCUT2D eigenvalue weighted by molar-refractivity contribution is 5.94. The molecule has 0 unspecified atom stereocenters. The van der Waals surface area contributed by atoms with Gasteiger partial charge in [-0.1, -0.05) is 5.16 Å². The number of aromatic nitrogens is 1. The molecule has 0 spiro atoms. The van der Waals surface area contributed by atoms with Gasteiger partial charge in [-0.15, -0.1) is 0 Å². The van der Waals surface area contributed by atoms with Gasteiger partial charge in [-0.25, -0.2) is 9.18 Å². The number of nitrogens with zero attached hydrogens (tertiary/aromatic N) is 3. The Morgan fingerprint density at radius 3 is 2.54 bits per heavy atom. The van der Waals surface area contributed by atoms with Crippen molar-refractivity contribution in [3.05, 3.63) is 47.1 Å². The summed E-state index contributed by atoms with van der Waals surface area (Å²) in [5.41, 5.74) is 1.47. The summed E-state index contributed by atoms with van der Waals surface area (Å²) in [4.78, 5) is 27.1. The zero-order valence-corrected chi connectivity index (χ0v) is 14.8. The standard InChI is InChI=1S/C18H21FN4O3/c1-12-9-15(21-26-12)11-20-18(25)23-7-5-22(6-8-23)17-4-3-14(13(2)24)10-16(17)19/h3-4,9-10H,5-8,11H2,1-2H3,(H,20,25). The number of carbonyl (C=O) groups is 2. The molecule has 0 bridgehead atoms. The lowest BCUT2D eigenvalue weighted by Crippen LogP contribution is -2.51. The number of hydrogen-bond acceptors (Lipinski definition) is 5. The first-order valence-corrected chi connectivity index (χ1v) is 8.44. The van der Waals surface area contributed by atoms with Crippen molar-refractivity contribution in [1.82, 2.24) is 15.4 Å². The van der Waals surface area contributed by atoms with E-state index in [0.29, 0.717) is 55.4 Å². The van der Waals surface area contributed by atoms with Gasteiger partial charge in [-0.2, -0.15) is 0 Å². The fraction of sp³-hybridized carbons (Fsp3) is 0.389. The number of nitrogens with one attached hydrogen (secondary N) is 1. The number of Topliss-reactive ketones (excluding diaryl/α,β-unsaturated/α-hetero) is 1. The summed E-state index contributed by atoms with van der Waals surface area (Å²) < 4.78 is 19.2. The molecule has 26 heavy (non-hydrogen) atoms. The van der Waals surface area contributed by atoms with Crippen LogP contribution in [0.1, 0.15) is 28.7 Å². The number of piperazine rings is 1. The van der Waals surface area contributed by atoms with Crippen molar-refractivity contribution in [1.29, 1.82) is 0 Å². The number of rotatable bonds is 4. The van der Waals surface area contributed by atoms with Crippen LogP contribution in [0.2, 0.25) is 0 Å². The van der Waals surface area contributed by atoms with E-state index in [9.17, 15) is 14.0 Å². The Bertz CT molecular complexity index is 813. The third-order valence-corrected chi connectivity index (χ3v) is 4.36. The lowest BCUT2D eigenvalue weighted by atomic mass is 10.1. The number of amides is 2. The molecule has 7 nitrogen and oxygen atoms in total. The van der Waals surface area contributed by atoms with E-state index in [-0.39, 0.29) is 11.8 Å². The first-order valence-electron chi connectivity index (χ1n) is 8.44. The van der Waals surface area contributed by atoms with Crippen LogP contribution >= 0.6 is 0 Å². The second-order valence-electron chi connectivity index (χ2n) is 6.28. The lowest BCUT2D eigenvalue weighted by Gasteiger charge is -2.36. The van der Waals surface area contributed by atoms with Crippen molar-refractivity contribution in [3.8, 4) is 0 Å². The third kappa shape index (κ3) is 4.01. The molecule has 1 aliphatic heterocycles. The van der Waals surface area contributed by atoms with E-state index >= 15 is 0 Å².